The van der Waals surface area contributed by atoms with Crippen LogP contribution in [0.4, 0.5) is 0 Å². The van der Waals surface area contributed by atoms with Crippen molar-refractivity contribution in [3.05, 3.63) is 127 Å². The fourth-order valence-corrected chi connectivity index (χ4v) is 11.5. The van der Waals surface area contributed by atoms with Crippen molar-refractivity contribution in [2.45, 2.75) is 42.5 Å². The normalized spacial score (nSPS) is 11.8. The van der Waals surface area contributed by atoms with Crippen LogP contribution in [0.5, 0.6) is 23.0 Å². The van der Waals surface area contributed by atoms with Crippen LogP contribution in [0.25, 0.3) is 76.5 Å². The SMILES string of the molecule is CCOc1ccc2ccccc2c1-c1c(OCC)ccc2cc(-c3ccc4c(-c5c(OCC)ccc6c[c]([Sn]([CH3])([CH3])[CH3])ccc56)c(OCC)ccc4c3)ccc12. The summed E-state index contributed by atoms with van der Waals surface area (Å²) in [5, 5.41) is 9.28. The van der Waals surface area contributed by atoms with Crippen molar-refractivity contribution in [2.24, 2.45) is 0 Å². The van der Waals surface area contributed by atoms with Gasteiger partial charge in [0, 0.05) is 11.1 Å². The minimum absolute atomic E-state index is 0.570. The molecule has 0 heterocycles. The Morgan fingerprint density at radius 1 is 0.357 bits per heavy atom. The summed E-state index contributed by atoms with van der Waals surface area (Å²) in [6.45, 7) is 10.5. The molecule has 4 nitrogen and oxygen atoms in total. The Morgan fingerprint density at radius 2 is 0.714 bits per heavy atom. The van der Waals surface area contributed by atoms with E-state index in [4.69, 9.17) is 18.9 Å². The van der Waals surface area contributed by atoms with Gasteiger partial charge in [0.1, 0.15) is 11.5 Å². The van der Waals surface area contributed by atoms with Crippen molar-refractivity contribution in [3.63, 3.8) is 0 Å². The maximum absolute atomic E-state index is 6.38. The third-order valence-corrected chi connectivity index (χ3v) is 16.6. The molecule has 5 heteroatoms. The molecular formula is C51H50O4Sn. The van der Waals surface area contributed by atoms with E-state index in [9.17, 15) is 0 Å². The van der Waals surface area contributed by atoms with Crippen LogP contribution in [0.15, 0.2) is 127 Å². The van der Waals surface area contributed by atoms with Gasteiger partial charge < -0.3 is 9.47 Å². The predicted molar refractivity (Wildman–Crippen MR) is 240 cm³/mol. The molecule has 8 aromatic rings. The van der Waals surface area contributed by atoms with Gasteiger partial charge in [-0.25, -0.2) is 0 Å². The van der Waals surface area contributed by atoms with Gasteiger partial charge in [-0.3, -0.25) is 0 Å². The fourth-order valence-electron chi connectivity index (χ4n) is 8.14. The quantitative estimate of drug-likeness (QED) is 0.115. The first-order valence-corrected chi connectivity index (χ1v) is 30.0. The molecule has 0 saturated heterocycles. The number of ether oxygens (including phenoxy) is 4. The van der Waals surface area contributed by atoms with E-state index in [0.717, 1.165) is 83.3 Å². The van der Waals surface area contributed by atoms with E-state index in [1.807, 2.05) is 27.7 Å². The van der Waals surface area contributed by atoms with E-state index in [-0.39, 0.29) is 0 Å². The van der Waals surface area contributed by atoms with E-state index in [1.54, 1.807) is 0 Å². The second kappa shape index (κ2) is 15.7. The van der Waals surface area contributed by atoms with Crippen LogP contribution >= 0.6 is 0 Å². The van der Waals surface area contributed by atoms with Crippen LogP contribution in [0.2, 0.25) is 14.8 Å². The minimum Gasteiger partial charge on any atom is -0.0530 e. The summed E-state index contributed by atoms with van der Waals surface area (Å²) in [6.07, 6.45) is 0. The summed E-state index contributed by atoms with van der Waals surface area (Å²) < 4.78 is 26.9. The zero-order valence-electron chi connectivity index (χ0n) is 33.6. The molecule has 282 valence electrons. The molecule has 0 unspecified atom stereocenters. The molecule has 0 amide bonds. The summed E-state index contributed by atoms with van der Waals surface area (Å²) in [7, 11) is 0. The van der Waals surface area contributed by atoms with Crippen LogP contribution < -0.4 is 22.5 Å². The molecule has 0 aromatic heterocycles. The van der Waals surface area contributed by atoms with E-state index >= 15 is 0 Å². The number of hydrogen-bond donors (Lipinski definition) is 0. The second-order valence-corrected chi connectivity index (χ2v) is 29.8. The van der Waals surface area contributed by atoms with Gasteiger partial charge in [-0.05, 0) is 47.5 Å². The minimum atomic E-state index is -2.31. The summed E-state index contributed by atoms with van der Waals surface area (Å²) in [5.41, 5.74) is 6.58. The van der Waals surface area contributed by atoms with Gasteiger partial charge in [0.25, 0.3) is 0 Å². The van der Waals surface area contributed by atoms with Gasteiger partial charge in [0.2, 0.25) is 0 Å². The summed E-state index contributed by atoms with van der Waals surface area (Å²) in [4.78, 5) is 7.41. The molecule has 0 fully saturated rings. The van der Waals surface area contributed by atoms with Gasteiger partial charge in [0.15, 0.2) is 0 Å². The van der Waals surface area contributed by atoms with Crippen molar-refractivity contribution in [1.82, 2.24) is 0 Å². The average molecular weight is 846 g/mol. The Hall–Kier alpha value is -5.20. The molecule has 0 aliphatic carbocycles. The zero-order valence-corrected chi connectivity index (χ0v) is 36.4. The first-order chi connectivity index (χ1) is 27.2. The molecule has 8 aromatic carbocycles. The van der Waals surface area contributed by atoms with Crippen LogP contribution in [-0.2, 0) is 0 Å². The van der Waals surface area contributed by atoms with Crippen molar-refractivity contribution < 1.29 is 18.9 Å². The third-order valence-electron chi connectivity index (χ3n) is 10.7. The van der Waals surface area contributed by atoms with Gasteiger partial charge in [-0.1, -0.05) is 42.5 Å². The monoisotopic (exact) mass is 846 g/mol. The van der Waals surface area contributed by atoms with Gasteiger partial charge in [0.05, 0.1) is 13.2 Å². The molecule has 0 bridgehead atoms. The van der Waals surface area contributed by atoms with Crippen LogP contribution in [0.1, 0.15) is 27.7 Å². The first-order valence-electron chi connectivity index (χ1n) is 20.0. The molecule has 0 radical (unpaired) electrons. The van der Waals surface area contributed by atoms with Gasteiger partial charge in [-0.15, -0.1) is 0 Å². The first kappa shape index (κ1) is 37.7. The Balaban J connectivity index is 1.30. The van der Waals surface area contributed by atoms with Gasteiger partial charge >= 0.3 is 201 Å². The molecule has 0 saturated carbocycles. The van der Waals surface area contributed by atoms with Crippen molar-refractivity contribution >= 4 is 65.0 Å². The maximum atomic E-state index is 6.38. The number of benzene rings is 8. The van der Waals surface area contributed by atoms with E-state index in [0.29, 0.717) is 26.4 Å². The van der Waals surface area contributed by atoms with E-state index < -0.39 is 18.4 Å². The summed E-state index contributed by atoms with van der Waals surface area (Å²) >= 11 is -2.31. The van der Waals surface area contributed by atoms with Gasteiger partial charge in [-0.2, -0.15) is 0 Å². The van der Waals surface area contributed by atoms with E-state index in [1.165, 1.54) is 19.7 Å². The van der Waals surface area contributed by atoms with E-state index in [2.05, 4.69) is 142 Å². The van der Waals surface area contributed by atoms with Crippen molar-refractivity contribution in [1.29, 1.82) is 0 Å². The third kappa shape index (κ3) is 6.93. The average Bonchev–Trinajstić information content (AvgIpc) is 3.20. The number of hydrogen-bond acceptors (Lipinski definition) is 4. The molecule has 0 spiro atoms. The van der Waals surface area contributed by atoms with Crippen LogP contribution in [0.3, 0.4) is 0 Å². The van der Waals surface area contributed by atoms with Crippen LogP contribution in [0, 0.1) is 0 Å². The molecule has 0 N–H and O–H groups in total. The smallest absolute Gasteiger partial charge is 0.0530 e. The molecule has 0 atom stereocenters. The van der Waals surface area contributed by atoms with Crippen LogP contribution in [-0.4, -0.2) is 44.8 Å². The summed E-state index contributed by atoms with van der Waals surface area (Å²) in [5.74, 6) is 3.45. The predicted octanol–water partition coefficient (Wildman–Crippen LogP) is 13.4. The molecule has 56 heavy (non-hydrogen) atoms. The molecule has 0 aliphatic rings. The molecular weight excluding hydrogens is 795 g/mol. The zero-order chi connectivity index (χ0) is 39.0. The van der Waals surface area contributed by atoms with Crippen molar-refractivity contribution in [3.8, 4) is 56.4 Å². The summed E-state index contributed by atoms with van der Waals surface area (Å²) in [6, 6.07) is 46.4. The fraction of sp³-hybridized carbons (Fsp3) is 0.216. The Morgan fingerprint density at radius 3 is 1.12 bits per heavy atom. The standard InChI is InChI=1S/C48H41O4.3CH3.Sn/c1-5-49-41-25-19-31-13-9-11-15-37(31)45(41)47-39-23-17-33(29-35(39)21-27-43(47)51-7-3)34-18-24-40-36(30-34)22-28-44(52-8-4)48(40)46-38-16-12-10-14-32(38)20-26-42(46)50-6-2;;;;/h9,11-30H,5-8H2,1-4H3;3*1H3;. The Kier molecular flexibility index (Phi) is 10.6. The number of fused-ring (bicyclic) bond motifs is 4. The Labute approximate surface area is 334 Å². The topological polar surface area (TPSA) is 36.9 Å². The Bertz CT molecular complexity index is 2740. The van der Waals surface area contributed by atoms with Crippen molar-refractivity contribution in [2.75, 3.05) is 26.4 Å². The number of rotatable bonds is 12. The second-order valence-electron chi connectivity index (χ2n) is 15.3. The molecule has 0 aliphatic heterocycles. The molecule has 8 rings (SSSR count).